The van der Waals surface area contributed by atoms with Crippen LogP contribution in [0, 0.1) is 0 Å². The minimum atomic E-state index is -3.33. The molecule has 18 N–H and O–H groups in total. The summed E-state index contributed by atoms with van der Waals surface area (Å²) in [6, 6.07) is -3.57. The zero-order chi connectivity index (χ0) is 47.5. The minimum absolute atomic E-state index is 0.837. The van der Waals surface area contributed by atoms with Crippen LogP contribution in [0.3, 0.4) is 0 Å². The number of carbonyl (C=O) groups is 4. The lowest BCUT2D eigenvalue weighted by atomic mass is 9.87. The number of rotatable bonds is 18. The van der Waals surface area contributed by atoms with Crippen LogP contribution in [-0.2, 0) is 52.3 Å². The molecule has 0 aromatic carbocycles. The molecule has 63 heavy (non-hydrogen) atoms. The molecule has 4 heterocycles. The zero-order valence-corrected chi connectivity index (χ0v) is 33.4. The van der Waals surface area contributed by atoms with Crippen LogP contribution in [0.5, 0.6) is 0 Å². The van der Waals surface area contributed by atoms with Crippen molar-refractivity contribution in [1.29, 1.82) is 0 Å². The monoisotopic (exact) mass is 924 g/mol. The fraction of sp³-hybridized carbons (Fsp3) is 0.882. The number of hydrogen-bond donors (Lipinski definition) is 18. The van der Waals surface area contributed by atoms with Crippen molar-refractivity contribution in [3.63, 3.8) is 0 Å². The fourth-order valence-electron chi connectivity index (χ4n) is 7.76. The maximum absolute atomic E-state index is 13.1. The van der Waals surface area contributed by atoms with Gasteiger partial charge in [0, 0.05) is 26.7 Å². The van der Waals surface area contributed by atoms with Gasteiger partial charge in [-0.1, -0.05) is 0 Å². The van der Waals surface area contributed by atoms with E-state index in [0.717, 1.165) is 13.8 Å². The molecule has 0 bridgehead atoms. The van der Waals surface area contributed by atoms with E-state index in [1.807, 2.05) is 0 Å². The van der Waals surface area contributed by atoms with Crippen molar-refractivity contribution in [1.82, 2.24) is 10.6 Å². The van der Waals surface area contributed by atoms with Crippen LogP contribution in [0.2, 0.25) is 0 Å². The number of carboxylic acids is 2. The lowest BCUT2D eigenvalue weighted by molar-refractivity contribution is -0.387. The molecule has 0 radical (unpaired) electrons. The van der Waals surface area contributed by atoms with Gasteiger partial charge in [-0.15, -0.1) is 0 Å². The predicted molar refractivity (Wildman–Crippen MR) is 191 cm³/mol. The highest BCUT2D eigenvalue weighted by atomic mass is 16.8. The molecule has 0 unspecified atom stereocenters. The van der Waals surface area contributed by atoms with Crippen molar-refractivity contribution in [3.05, 3.63) is 0 Å². The largest absolute Gasteiger partial charge is 0.477 e. The Labute approximate surface area is 355 Å². The summed E-state index contributed by atoms with van der Waals surface area (Å²) in [4.78, 5) is 50.3. The Hall–Kier alpha value is -2.96. The molecular formula is C34H56N2O27. The zero-order valence-electron chi connectivity index (χ0n) is 33.4. The van der Waals surface area contributed by atoms with Gasteiger partial charge in [0.15, 0.2) is 12.6 Å². The molecule has 0 aromatic heterocycles. The second-order valence-electron chi connectivity index (χ2n) is 15.5. The molecule has 29 heteroatoms. The van der Waals surface area contributed by atoms with Gasteiger partial charge in [-0.3, -0.25) is 9.59 Å². The predicted octanol–water partition coefficient (Wildman–Crippen LogP) is -11.0. The number of carboxylic acid groups (broad SMARTS) is 2. The van der Waals surface area contributed by atoms with Gasteiger partial charge < -0.3 is 125 Å². The van der Waals surface area contributed by atoms with Crippen LogP contribution in [0.1, 0.15) is 26.7 Å². The molecule has 4 saturated heterocycles. The van der Waals surface area contributed by atoms with Gasteiger partial charge in [0.25, 0.3) is 11.6 Å². The number of aliphatic hydroxyl groups is 14. The third-order valence-electron chi connectivity index (χ3n) is 11.0. The van der Waals surface area contributed by atoms with Crippen molar-refractivity contribution < 1.29 is 134 Å². The van der Waals surface area contributed by atoms with Crippen molar-refractivity contribution in [2.24, 2.45) is 0 Å². The maximum Gasteiger partial charge on any atom is 0.364 e. The number of ether oxygens (including phenoxy) is 7. The van der Waals surface area contributed by atoms with Crippen LogP contribution in [-0.4, -0.2) is 266 Å². The van der Waals surface area contributed by atoms with E-state index in [-0.39, 0.29) is 0 Å². The van der Waals surface area contributed by atoms with Crippen molar-refractivity contribution >= 4 is 23.8 Å². The Morgan fingerprint density at radius 3 is 1.63 bits per heavy atom. The SMILES string of the molecule is CC(=O)N[C@H]1[C@H]([C@H](O)[C@H](O)CO)O[C@](O[C@H](CO)[C@@H](O)[C@@H]2O[C@@](O[C@H]3[C@@H](O)[C@@H](CO)O[C@@H](O[C@H]4[C@H](O)[C@@H](O)[C@H](O)O[C@@H]4CO)[C@@H]3O)(C(=O)O)C[C@@H](O)[C@H]2NC(C)=O)(C(=O)O)C[C@H]1O. The highest BCUT2D eigenvalue weighted by Crippen LogP contribution is 2.40. The standard InChI is InChI=1S/C34H56N2O27/c1-9(41)35-17-11(43)3-33(31(53)54,61-26(17)19(46)13(45)5-37)60-15(7-39)21(48)27-18(36-10(2)42)12(44)4-34(62-27,32(55)56)63-28-20(47)14(6-38)58-30(24(28)51)59-25-16(8-40)57-29(52)23(50)22(25)49/h11-30,37-40,43-52H,3-8H2,1-2H3,(H,35,41)(H,36,42)(H,53,54)(H,55,56)/t11-,12-,13-,14-,15-,16-,17-,18-,19-,20+,21-,22-,23-,24-,25-,26-,27-,28+,29-,30+,33+,34+/m1/s1. The summed E-state index contributed by atoms with van der Waals surface area (Å²) < 4.78 is 38.4. The van der Waals surface area contributed by atoms with E-state index in [1.165, 1.54) is 0 Å². The molecule has 2 amide bonds. The Morgan fingerprint density at radius 2 is 1.16 bits per heavy atom. The quantitative estimate of drug-likeness (QED) is 0.0607. The average Bonchev–Trinajstić information content (AvgIpc) is 3.22. The molecule has 22 atom stereocenters. The van der Waals surface area contributed by atoms with Crippen molar-refractivity contribution in [3.8, 4) is 0 Å². The Balaban J connectivity index is 1.72. The molecule has 4 fully saturated rings. The molecule has 4 aliphatic rings. The summed E-state index contributed by atoms with van der Waals surface area (Å²) in [5.74, 6) is -12.6. The molecule has 0 aliphatic carbocycles. The highest BCUT2D eigenvalue weighted by Gasteiger charge is 2.62. The number of nitrogens with one attached hydrogen (secondary N) is 2. The fourth-order valence-corrected chi connectivity index (χ4v) is 7.76. The topological polar surface area (TPSA) is 481 Å². The first-order valence-corrected chi connectivity index (χ1v) is 19.4. The van der Waals surface area contributed by atoms with Gasteiger partial charge in [-0.25, -0.2) is 9.59 Å². The van der Waals surface area contributed by atoms with Crippen LogP contribution < -0.4 is 10.6 Å². The maximum atomic E-state index is 13.1. The summed E-state index contributed by atoms with van der Waals surface area (Å²) in [7, 11) is 0. The second kappa shape index (κ2) is 21.6. The Bertz CT molecular complexity index is 1560. The van der Waals surface area contributed by atoms with E-state index < -0.39 is 197 Å². The lowest BCUT2D eigenvalue weighted by Crippen LogP contribution is -2.72. The molecule has 0 saturated carbocycles. The molecule has 4 aliphatic heterocycles. The van der Waals surface area contributed by atoms with E-state index >= 15 is 0 Å². The first kappa shape index (κ1) is 52.7. The molecular weight excluding hydrogens is 868 g/mol. The summed E-state index contributed by atoms with van der Waals surface area (Å²) in [5.41, 5.74) is 0. The first-order chi connectivity index (χ1) is 29.4. The van der Waals surface area contributed by atoms with Gasteiger partial charge in [0.1, 0.15) is 85.5 Å². The summed E-state index contributed by atoms with van der Waals surface area (Å²) in [6.45, 7) is -2.75. The molecule has 29 nitrogen and oxygen atoms in total. The normalized spacial score (nSPS) is 42.9. The smallest absolute Gasteiger partial charge is 0.364 e. The second-order valence-corrected chi connectivity index (χ2v) is 15.5. The summed E-state index contributed by atoms with van der Waals surface area (Å²) in [6.07, 6.45) is -40.7. The number of aliphatic carboxylic acids is 2. The third kappa shape index (κ3) is 11.2. The lowest BCUT2D eigenvalue weighted by Gasteiger charge is -2.51. The molecule has 4 rings (SSSR count). The number of amides is 2. The van der Waals surface area contributed by atoms with Gasteiger partial charge in [0.2, 0.25) is 11.8 Å². The third-order valence-corrected chi connectivity index (χ3v) is 11.0. The van der Waals surface area contributed by atoms with E-state index in [0.29, 0.717) is 0 Å². The van der Waals surface area contributed by atoms with E-state index in [1.54, 1.807) is 0 Å². The van der Waals surface area contributed by atoms with Gasteiger partial charge >= 0.3 is 11.9 Å². The van der Waals surface area contributed by atoms with E-state index in [9.17, 15) is 101 Å². The Kier molecular flexibility index (Phi) is 18.0. The Morgan fingerprint density at radius 1 is 0.651 bits per heavy atom. The highest BCUT2D eigenvalue weighted by molar-refractivity contribution is 5.77. The van der Waals surface area contributed by atoms with Crippen LogP contribution in [0.4, 0.5) is 0 Å². The van der Waals surface area contributed by atoms with Gasteiger partial charge in [-0.05, 0) is 0 Å². The summed E-state index contributed by atoms with van der Waals surface area (Å²) >= 11 is 0. The summed E-state index contributed by atoms with van der Waals surface area (Å²) in [5, 5.41) is 173. The number of aliphatic hydroxyl groups excluding tert-OH is 14. The average molecular weight is 925 g/mol. The minimum Gasteiger partial charge on any atom is -0.477 e. The van der Waals surface area contributed by atoms with Crippen LogP contribution in [0.25, 0.3) is 0 Å². The first-order valence-electron chi connectivity index (χ1n) is 19.4. The number of hydrogen-bond acceptors (Lipinski definition) is 25. The van der Waals surface area contributed by atoms with Crippen LogP contribution in [0.15, 0.2) is 0 Å². The van der Waals surface area contributed by atoms with E-state index in [2.05, 4.69) is 10.6 Å². The van der Waals surface area contributed by atoms with E-state index in [4.69, 9.17) is 33.2 Å². The molecule has 0 spiro atoms. The molecule has 364 valence electrons. The number of carbonyl (C=O) groups excluding carboxylic acids is 2. The van der Waals surface area contributed by atoms with Gasteiger partial charge in [0.05, 0.1) is 50.7 Å². The van der Waals surface area contributed by atoms with Crippen LogP contribution >= 0.6 is 0 Å². The van der Waals surface area contributed by atoms with Crippen molar-refractivity contribution in [2.75, 3.05) is 26.4 Å². The van der Waals surface area contributed by atoms with Crippen molar-refractivity contribution in [2.45, 2.75) is 161 Å². The molecule has 0 aromatic rings. The van der Waals surface area contributed by atoms with Gasteiger partial charge in [-0.2, -0.15) is 0 Å².